The molecule has 1 aromatic carbocycles. The molecule has 152 valence electrons. The van der Waals surface area contributed by atoms with Gasteiger partial charge in [-0.25, -0.2) is 4.68 Å². The molecule has 7 nitrogen and oxygen atoms in total. The van der Waals surface area contributed by atoms with E-state index >= 15 is 0 Å². The smallest absolute Gasteiger partial charge is 0.191 e. The van der Waals surface area contributed by atoms with Gasteiger partial charge in [-0.15, -0.1) is 35.3 Å². The quantitative estimate of drug-likeness (QED) is 0.192. The number of nitrogen functional groups attached to an aromatic ring is 1. The first-order valence-corrected chi connectivity index (χ1v) is 9.90. The number of nitrogens with one attached hydrogen (secondary N) is 2. The minimum atomic E-state index is 0. The summed E-state index contributed by atoms with van der Waals surface area (Å²) < 4.78 is 1.63. The maximum Gasteiger partial charge on any atom is 0.191 e. The van der Waals surface area contributed by atoms with Crippen LogP contribution >= 0.6 is 35.3 Å². The summed E-state index contributed by atoms with van der Waals surface area (Å²) in [4.78, 5) is 5.48. The number of nitrogens with two attached hydrogens (primary N) is 1. The number of guanidine groups is 1. The van der Waals surface area contributed by atoms with E-state index in [4.69, 9.17) is 5.73 Å². The number of benzene rings is 1. The van der Waals surface area contributed by atoms with Crippen LogP contribution in [0.4, 0.5) is 5.82 Å². The van der Waals surface area contributed by atoms with Crippen molar-refractivity contribution < 1.29 is 0 Å². The van der Waals surface area contributed by atoms with Crippen molar-refractivity contribution in [2.45, 2.75) is 19.4 Å². The number of nitriles is 1. The third-order valence-electron chi connectivity index (χ3n) is 4.22. The molecule has 0 saturated heterocycles. The lowest BCUT2D eigenvalue weighted by Crippen LogP contribution is -2.37. The fourth-order valence-electron chi connectivity index (χ4n) is 2.81. The molecule has 2 aromatic heterocycles. The zero-order valence-corrected chi connectivity index (χ0v) is 19.3. The molecule has 0 atom stereocenters. The highest BCUT2D eigenvalue weighted by atomic mass is 127. The van der Waals surface area contributed by atoms with Gasteiger partial charge in [0, 0.05) is 18.5 Å². The minimum Gasteiger partial charge on any atom is -0.382 e. The van der Waals surface area contributed by atoms with E-state index in [-0.39, 0.29) is 24.0 Å². The van der Waals surface area contributed by atoms with Crippen LogP contribution in [0.15, 0.2) is 52.8 Å². The number of thiophene rings is 1. The van der Waals surface area contributed by atoms with E-state index in [1.807, 2.05) is 36.4 Å². The Morgan fingerprint density at radius 2 is 2.03 bits per heavy atom. The highest BCUT2D eigenvalue weighted by Gasteiger charge is 2.16. The van der Waals surface area contributed by atoms with Gasteiger partial charge < -0.3 is 16.4 Å². The van der Waals surface area contributed by atoms with Crippen LogP contribution in [-0.4, -0.2) is 29.3 Å². The third-order valence-corrected chi connectivity index (χ3v) is 5.10. The summed E-state index contributed by atoms with van der Waals surface area (Å²) in [7, 11) is 1.75. The maximum absolute atomic E-state index is 9.48. The SMILES string of the molecule is CN=C(NCCCc1nn(-c2ccccc2)c(N)c1C#N)NCc1cccs1.I. The maximum atomic E-state index is 9.48. The van der Waals surface area contributed by atoms with Gasteiger partial charge in [0.1, 0.15) is 17.5 Å². The number of aromatic nitrogens is 2. The van der Waals surface area contributed by atoms with Crippen molar-refractivity contribution in [3.63, 3.8) is 0 Å². The van der Waals surface area contributed by atoms with Crippen molar-refractivity contribution in [3.8, 4) is 11.8 Å². The molecule has 0 bridgehead atoms. The number of hydrogen-bond donors (Lipinski definition) is 3. The highest BCUT2D eigenvalue weighted by Crippen LogP contribution is 2.21. The van der Waals surface area contributed by atoms with Crippen LogP contribution in [0.2, 0.25) is 0 Å². The van der Waals surface area contributed by atoms with Crippen LogP contribution in [0.25, 0.3) is 5.69 Å². The molecular formula is C20H24IN7S. The molecule has 0 aliphatic heterocycles. The zero-order chi connectivity index (χ0) is 19.8. The zero-order valence-electron chi connectivity index (χ0n) is 16.1. The van der Waals surface area contributed by atoms with Crippen molar-refractivity contribution in [1.82, 2.24) is 20.4 Å². The first kappa shape index (κ1) is 22.7. The van der Waals surface area contributed by atoms with Gasteiger partial charge in [-0.05, 0) is 36.4 Å². The summed E-state index contributed by atoms with van der Waals surface area (Å²) in [6, 6.07) is 15.9. The molecule has 3 rings (SSSR count). The minimum absolute atomic E-state index is 0. The molecule has 0 fully saturated rings. The molecule has 0 spiro atoms. The predicted octanol–water partition coefficient (Wildman–Crippen LogP) is 3.30. The third kappa shape index (κ3) is 5.95. The van der Waals surface area contributed by atoms with Crippen molar-refractivity contribution >= 4 is 47.1 Å². The molecule has 0 aliphatic rings. The van der Waals surface area contributed by atoms with E-state index in [0.717, 1.165) is 24.6 Å². The first-order valence-electron chi connectivity index (χ1n) is 9.02. The van der Waals surface area contributed by atoms with E-state index in [9.17, 15) is 5.26 Å². The Bertz CT molecular complexity index is 959. The van der Waals surface area contributed by atoms with Gasteiger partial charge in [0.2, 0.25) is 0 Å². The molecule has 0 amide bonds. The summed E-state index contributed by atoms with van der Waals surface area (Å²) in [6.45, 7) is 1.46. The van der Waals surface area contributed by atoms with Crippen molar-refractivity contribution in [2.75, 3.05) is 19.3 Å². The normalized spacial score (nSPS) is 10.8. The molecule has 2 heterocycles. The van der Waals surface area contributed by atoms with Crippen LogP contribution in [-0.2, 0) is 13.0 Å². The molecule has 29 heavy (non-hydrogen) atoms. The van der Waals surface area contributed by atoms with Crippen LogP contribution in [0.1, 0.15) is 22.6 Å². The van der Waals surface area contributed by atoms with E-state index < -0.39 is 0 Å². The summed E-state index contributed by atoms with van der Waals surface area (Å²) in [5, 5.41) is 22.7. The van der Waals surface area contributed by atoms with Gasteiger partial charge in [0.25, 0.3) is 0 Å². The largest absolute Gasteiger partial charge is 0.382 e. The Morgan fingerprint density at radius 1 is 1.24 bits per heavy atom. The lowest BCUT2D eigenvalue weighted by Gasteiger charge is -2.10. The monoisotopic (exact) mass is 521 g/mol. The van der Waals surface area contributed by atoms with Gasteiger partial charge >= 0.3 is 0 Å². The summed E-state index contributed by atoms with van der Waals surface area (Å²) in [5.74, 6) is 1.13. The average Bonchev–Trinajstić information content (AvgIpc) is 3.35. The standard InChI is InChI=1S/C20H23N7S.HI/c1-23-20(25-14-16-9-6-12-28-16)24-11-5-10-18-17(13-21)19(22)27(26-18)15-7-3-2-4-8-15;/h2-4,6-9,12H,5,10-11,14,22H2,1H3,(H2,23,24,25);1H. The molecule has 4 N–H and O–H groups in total. The van der Waals surface area contributed by atoms with E-state index in [1.54, 1.807) is 23.1 Å². The van der Waals surface area contributed by atoms with Gasteiger partial charge in [0.05, 0.1) is 17.9 Å². The second-order valence-electron chi connectivity index (χ2n) is 6.10. The van der Waals surface area contributed by atoms with Gasteiger partial charge in [0.15, 0.2) is 5.96 Å². The summed E-state index contributed by atoms with van der Waals surface area (Å²) in [5.41, 5.74) is 8.15. The molecule has 0 aliphatic carbocycles. The van der Waals surface area contributed by atoms with Crippen LogP contribution in [0.5, 0.6) is 0 Å². The molecule has 3 aromatic rings. The van der Waals surface area contributed by atoms with Crippen LogP contribution < -0.4 is 16.4 Å². The highest BCUT2D eigenvalue weighted by molar-refractivity contribution is 14.0. The van der Waals surface area contributed by atoms with E-state index in [0.29, 0.717) is 30.0 Å². The van der Waals surface area contributed by atoms with E-state index in [1.165, 1.54) is 4.88 Å². The summed E-state index contributed by atoms with van der Waals surface area (Å²) >= 11 is 1.71. The second-order valence-corrected chi connectivity index (χ2v) is 7.13. The number of para-hydroxylation sites is 1. The van der Waals surface area contributed by atoms with Crippen LogP contribution in [0.3, 0.4) is 0 Å². The number of aliphatic imine (C=N–C) groups is 1. The predicted molar refractivity (Wildman–Crippen MR) is 129 cm³/mol. The Balaban J connectivity index is 0.00000300. The Labute approximate surface area is 191 Å². The fraction of sp³-hybridized carbons (Fsp3) is 0.250. The topological polar surface area (TPSA) is 104 Å². The molecular weight excluding hydrogens is 497 g/mol. The lowest BCUT2D eigenvalue weighted by molar-refractivity contribution is 0.723. The molecule has 0 saturated carbocycles. The second kappa shape index (κ2) is 11.4. The number of aryl methyl sites for hydroxylation is 1. The Morgan fingerprint density at radius 3 is 2.69 bits per heavy atom. The first-order chi connectivity index (χ1) is 13.7. The number of halogens is 1. The molecule has 0 radical (unpaired) electrons. The van der Waals surface area contributed by atoms with Crippen molar-refractivity contribution in [1.29, 1.82) is 5.26 Å². The average molecular weight is 521 g/mol. The van der Waals surface area contributed by atoms with Gasteiger partial charge in [-0.1, -0.05) is 24.3 Å². The molecule has 0 unspecified atom stereocenters. The number of nitrogens with zero attached hydrogens (tertiary/aromatic N) is 4. The van der Waals surface area contributed by atoms with E-state index in [2.05, 4.69) is 38.2 Å². The number of hydrogen-bond acceptors (Lipinski definition) is 5. The van der Waals surface area contributed by atoms with Gasteiger partial charge in [-0.3, -0.25) is 4.99 Å². The Hall–Kier alpha value is -2.58. The van der Waals surface area contributed by atoms with Crippen molar-refractivity contribution in [2.24, 2.45) is 4.99 Å². The van der Waals surface area contributed by atoms with Gasteiger partial charge in [-0.2, -0.15) is 10.4 Å². The Kier molecular flexibility index (Phi) is 8.95. The summed E-state index contributed by atoms with van der Waals surface area (Å²) in [6.07, 6.45) is 1.46. The number of anilines is 1. The fourth-order valence-corrected chi connectivity index (χ4v) is 3.45. The lowest BCUT2D eigenvalue weighted by atomic mass is 10.1. The number of rotatable bonds is 7. The van der Waals surface area contributed by atoms with Crippen molar-refractivity contribution in [3.05, 3.63) is 64.0 Å². The van der Waals surface area contributed by atoms with Crippen LogP contribution in [0, 0.1) is 11.3 Å². The molecule has 9 heteroatoms.